The van der Waals surface area contributed by atoms with E-state index in [9.17, 15) is 9.79 Å². The first-order valence-electron chi connectivity index (χ1n) is 0.730. The molecule has 2 nitrogen and oxygen atoms in total. The molecule has 0 unspecified atom stereocenters. The van der Waals surface area contributed by atoms with Crippen molar-refractivity contribution in [3.8, 4) is 0 Å². The molecule has 0 spiro atoms. The molecule has 1 radical (unpaired) electrons. The second-order valence-electron chi connectivity index (χ2n) is 0.447. The van der Waals surface area contributed by atoms with Gasteiger partial charge in [-0.2, -0.15) is 11.8 Å². The van der Waals surface area contributed by atoms with Crippen molar-refractivity contribution >= 4 is 29.7 Å². The van der Waals surface area contributed by atoms with Gasteiger partial charge in [0.25, 0.3) is 0 Å². The van der Waals surface area contributed by atoms with E-state index in [1.54, 1.807) is 0 Å². The Labute approximate surface area is 58.2 Å². The molecule has 0 saturated carbocycles. The van der Waals surface area contributed by atoms with Crippen LogP contribution in [0.25, 0.3) is 0 Å². The van der Waals surface area contributed by atoms with Crippen LogP contribution in [0.4, 0.5) is 0 Å². The van der Waals surface area contributed by atoms with Crippen LogP contribution in [-0.2, 0) is 42.6 Å². The molecule has 0 N–H and O–H groups in total. The van der Waals surface area contributed by atoms with Crippen LogP contribution in [0.15, 0.2) is 0 Å². The summed E-state index contributed by atoms with van der Waals surface area (Å²) in [5.41, 5.74) is -3.72. The molecule has 0 aliphatic heterocycles. The molecule has 0 aliphatic carbocycles. The summed E-state index contributed by atoms with van der Waals surface area (Å²) in [5, 5.41) is 0. The quantitative estimate of drug-likeness (QED) is 0.333. The Kier molecular flexibility index (Phi) is 6.11. The third-order valence-corrected chi connectivity index (χ3v) is 0. The summed E-state index contributed by atoms with van der Waals surface area (Å²) in [6.45, 7) is 0. The van der Waals surface area contributed by atoms with E-state index in [1.165, 1.54) is 0 Å². The van der Waals surface area contributed by atoms with Crippen LogP contribution in [0.3, 0.4) is 0 Å². The topological polar surface area (TPSA) is 46.1 Å². The van der Waals surface area contributed by atoms with Gasteiger partial charge in [0.15, 0.2) is 0 Å². The molecule has 0 amide bonds. The molecular formula is O2PS2V-3. The van der Waals surface area contributed by atoms with Gasteiger partial charge >= 0.3 is 0 Å². The molecule has 37 valence electrons. The van der Waals surface area contributed by atoms with E-state index in [2.05, 4.69) is 24.1 Å². The van der Waals surface area contributed by atoms with Crippen molar-refractivity contribution in [3.63, 3.8) is 0 Å². The summed E-state index contributed by atoms with van der Waals surface area (Å²) < 4.78 is 0. The average Bonchev–Trinajstić information content (AvgIpc) is 0.722. The molecule has 0 heterocycles. The molecule has 0 bridgehead atoms. The smallest absolute Gasteiger partial charge is 0 e. The SMILES string of the molecule is [O-]P([O-])(=S)[S-].[V]. The Morgan fingerprint density at radius 1 is 1.50 bits per heavy atom. The standard InChI is InChI=1S/H3O2PS2.V/c1-3(2,4)5;/h(H3,1,2,4,5);/p-3. The summed E-state index contributed by atoms with van der Waals surface area (Å²) in [4.78, 5) is 18.6. The first-order chi connectivity index (χ1) is 2.00. The van der Waals surface area contributed by atoms with Crippen molar-refractivity contribution in [2.75, 3.05) is 0 Å². The fourth-order valence-corrected chi connectivity index (χ4v) is 0. The molecule has 0 saturated heterocycles. The zero-order chi connectivity index (χ0) is 4.50. The Hall–Kier alpha value is 1.50. The van der Waals surface area contributed by atoms with Crippen LogP contribution in [0.2, 0.25) is 0 Å². The first kappa shape index (κ1) is 10.5. The van der Waals surface area contributed by atoms with Crippen LogP contribution >= 0.6 is 5.69 Å². The van der Waals surface area contributed by atoms with Crippen LogP contribution in [0.5, 0.6) is 0 Å². The van der Waals surface area contributed by atoms with Crippen LogP contribution < -0.4 is 9.79 Å². The maximum absolute atomic E-state index is 9.29. The Morgan fingerprint density at radius 2 is 1.50 bits per heavy atom. The minimum Gasteiger partial charge on any atom is -0.850 e. The summed E-state index contributed by atoms with van der Waals surface area (Å²) in [6.07, 6.45) is 0. The maximum Gasteiger partial charge on any atom is 0 e. The zero-order valence-corrected chi connectivity index (χ0v) is 6.45. The Morgan fingerprint density at radius 3 is 1.50 bits per heavy atom. The molecule has 6 heteroatoms. The van der Waals surface area contributed by atoms with Gasteiger partial charge in [0.2, 0.25) is 0 Å². The van der Waals surface area contributed by atoms with Crippen molar-refractivity contribution in [1.82, 2.24) is 0 Å². The second-order valence-corrected chi connectivity index (χ2v) is 4.92. The predicted octanol–water partition coefficient (Wildman–Crippen LogP) is -1.52. The van der Waals surface area contributed by atoms with Gasteiger partial charge in [-0.1, -0.05) is 0 Å². The van der Waals surface area contributed by atoms with Gasteiger partial charge in [-0.05, 0) is 0 Å². The summed E-state index contributed by atoms with van der Waals surface area (Å²) >= 11 is 7.28. The van der Waals surface area contributed by atoms with Crippen molar-refractivity contribution in [1.29, 1.82) is 0 Å². The Bertz CT molecular complexity index is 57.7. The van der Waals surface area contributed by atoms with E-state index in [0.717, 1.165) is 0 Å². The molecule has 0 aromatic rings. The van der Waals surface area contributed by atoms with Crippen molar-refractivity contribution in [2.24, 2.45) is 0 Å². The van der Waals surface area contributed by atoms with Gasteiger partial charge in [0, 0.05) is 18.6 Å². The zero-order valence-electron chi connectivity index (χ0n) is 2.53. The van der Waals surface area contributed by atoms with Crippen LogP contribution in [0.1, 0.15) is 0 Å². The van der Waals surface area contributed by atoms with E-state index < -0.39 is 5.69 Å². The molecule has 6 heavy (non-hydrogen) atoms. The second kappa shape index (κ2) is 3.50. The average molecular weight is 178 g/mol. The monoisotopic (exact) mass is 178 g/mol. The molecule has 0 atom stereocenters. The van der Waals surface area contributed by atoms with Crippen LogP contribution in [-0.4, -0.2) is 0 Å². The van der Waals surface area contributed by atoms with Gasteiger partial charge < -0.3 is 27.7 Å². The van der Waals surface area contributed by atoms with Crippen molar-refractivity contribution < 1.29 is 28.3 Å². The number of hydrogen-bond acceptors (Lipinski definition) is 4. The predicted molar refractivity (Wildman–Crippen MR) is 21.6 cm³/mol. The van der Waals surface area contributed by atoms with Crippen LogP contribution in [0, 0.1) is 0 Å². The molecule has 0 rings (SSSR count). The third-order valence-electron chi connectivity index (χ3n) is 0. The maximum atomic E-state index is 9.29. The van der Waals surface area contributed by atoms with E-state index in [0.29, 0.717) is 0 Å². The molecule has 0 fully saturated rings. The summed E-state index contributed by atoms with van der Waals surface area (Å²) in [6, 6.07) is 0. The minimum atomic E-state index is -3.72. The molecule has 0 aromatic carbocycles. The number of hydrogen-bond donors (Lipinski definition) is 0. The molecular weight excluding hydrogens is 178 g/mol. The third kappa shape index (κ3) is 49.3. The first-order valence-corrected chi connectivity index (χ1v) is 4.38. The Balaban J connectivity index is 0. The van der Waals surface area contributed by atoms with Gasteiger partial charge in [0.05, 0.1) is 0 Å². The fraction of sp³-hybridized carbons (Fsp3) is 0. The van der Waals surface area contributed by atoms with Crippen molar-refractivity contribution in [3.05, 3.63) is 0 Å². The van der Waals surface area contributed by atoms with E-state index in [1.807, 2.05) is 0 Å². The van der Waals surface area contributed by atoms with E-state index in [-0.39, 0.29) is 18.6 Å². The van der Waals surface area contributed by atoms with E-state index in [4.69, 9.17) is 0 Å². The largest absolute Gasteiger partial charge is 0.850 e. The fourth-order valence-electron chi connectivity index (χ4n) is 0. The molecule has 0 aromatic heterocycles. The normalized spacial score (nSPS) is 9.83. The minimum absolute atomic E-state index is 0. The molecule has 0 aliphatic rings. The van der Waals surface area contributed by atoms with Gasteiger partial charge in [0.1, 0.15) is 0 Å². The summed E-state index contributed by atoms with van der Waals surface area (Å²) in [7, 11) is 0. The van der Waals surface area contributed by atoms with Gasteiger partial charge in [-0.15, -0.1) is 0 Å². The van der Waals surface area contributed by atoms with Crippen molar-refractivity contribution in [2.45, 2.75) is 0 Å². The van der Waals surface area contributed by atoms with Gasteiger partial charge in [-0.3, -0.25) is 0 Å². The van der Waals surface area contributed by atoms with E-state index >= 15 is 0 Å². The summed E-state index contributed by atoms with van der Waals surface area (Å²) in [5.74, 6) is 0. The van der Waals surface area contributed by atoms with Gasteiger partial charge in [-0.25, -0.2) is 0 Å². The number of rotatable bonds is 0.